The molecule has 0 aliphatic rings. The second kappa shape index (κ2) is 18.7. The molecule has 1 aromatic rings. The number of nitrogens with zero attached hydrogens (tertiary/aromatic N) is 3. The maximum atomic E-state index is 12.7. The minimum atomic E-state index is -2.49. The summed E-state index contributed by atoms with van der Waals surface area (Å²) in [5, 5.41) is 0.0154. The number of amides is 1. The highest BCUT2D eigenvalue weighted by Crippen LogP contribution is 2.31. The van der Waals surface area contributed by atoms with Crippen molar-refractivity contribution in [3.05, 3.63) is 28.2 Å². The molecule has 0 spiro atoms. The largest absolute Gasteiger partial charge is 0.383 e. The molecule has 1 heterocycles. The monoisotopic (exact) mass is 528 g/mol. The predicted molar refractivity (Wildman–Crippen MR) is 142 cm³/mol. The number of allylic oxidation sites excluding steroid dienone is 1. The van der Waals surface area contributed by atoms with Crippen LogP contribution in [0.3, 0.4) is 0 Å². The Balaban J connectivity index is 2.70. The molecule has 1 amide bonds. The lowest BCUT2D eigenvalue weighted by molar-refractivity contribution is -0.117. The maximum absolute atomic E-state index is 12.7. The van der Waals surface area contributed by atoms with Crippen molar-refractivity contribution in [1.29, 1.82) is 0 Å². The van der Waals surface area contributed by atoms with Crippen molar-refractivity contribution in [2.75, 3.05) is 12.3 Å². The van der Waals surface area contributed by atoms with Gasteiger partial charge in [0.15, 0.2) is 5.12 Å². The van der Waals surface area contributed by atoms with Gasteiger partial charge in [-0.2, -0.15) is 0 Å². The number of carbonyl (C=O) groups excluding carboxylic acids is 2. The molecule has 0 atom stereocenters. The van der Waals surface area contributed by atoms with E-state index in [4.69, 9.17) is 20.0 Å². The maximum Gasteiger partial charge on any atom is 0.327 e. The topological polar surface area (TPSA) is 139 Å². The van der Waals surface area contributed by atoms with Gasteiger partial charge < -0.3 is 24.9 Å². The Kier molecular flexibility index (Phi) is 16.8. The number of aryl methyl sites for hydroxylation is 1. The highest BCUT2D eigenvalue weighted by atomic mass is 32.2. The van der Waals surface area contributed by atoms with Gasteiger partial charge in [0.05, 0.1) is 13.2 Å². The summed E-state index contributed by atoms with van der Waals surface area (Å²) in [6, 6.07) is 0. The normalized spacial score (nSPS) is 12.1. The third-order valence-corrected chi connectivity index (χ3v) is 7.17. The third kappa shape index (κ3) is 13.9. The van der Waals surface area contributed by atoms with E-state index >= 15 is 0 Å². The van der Waals surface area contributed by atoms with Crippen molar-refractivity contribution in [2.24, 2.45) is 0 Å². The summed E-state index contributed by atoms with van der Waals surface area (Å²) in [5.41, 5.74) is 7.15. The summed E-state index contributed by atoms with van der Waals surface area (Å²) < 4.78 is 4.90. The lowest BCUT2D eigenvalue weighted by Gasteiger charge is -2.22. The number of aromatic nitrogens is 2. The van der Waals surface area contributed by atoms with Crippen LogP contribution in [-0.4, -0.2) is 42.8 Å². The van der Waals surface area contributed by atoms with E-state index in [0.717, 1.165) is 31.0 Å². The summed E-state index contributed by atoms with van der Waals surface area (Å²) in [4.78, 5) is 53.0. The van der Waals surface area contributed by atoms with Crippen molar-refractivity contribution in [1.82, 2.24) is 14.9 Å². The van der Waals surface area contributed by atoms with Gasteiger partial charge in [0, 0.05) is 35.2 Å². The van der Waals surface area contributed by atoms with E-state index in [1.54, 1.807) is 20.0 Å². The molecule has 0 saturated heterocycles. The van der Waals surface area contributed by atoms with Gasteiger partial charge in [-0.3, -0.25) is 9.59 Å². The molecule has 0 aromatic carbocycles. The molecule has 0 radical (unpaired) electrons. The van der Waals surface area contributed by atoms with Crippen LogP contribution in [0.5, 0.6) is 0 Å². The van der Waals surface area contributed by atoms with E-state index < -0.39 is 8.60 Å². The zero-order valence-corrected chi connectivity index (χ0v) is 23.0. The van der Waals surface area contributed by atoms with Crippen molar-refractivity contribution in [2.45, 2.75) is 97.9 Å². The molecule has 0 aliphatic heterocycles. The Morgan fingerprint density at radius 3 is 2.34 bits per heavy atom. The Morgan fingerprint density at radius 2 is 1.77 bits per heavy atom. The second-order valence-corrected chi connectivity index (χ2v) is 10.4. The van der Waals surface area contributed by atoms with Crippen molar-refractivity contribution in [3.63, 3.8) is 0 Å². The number of unbranched alkanes of at least 4 members (excludes halogenated alkanes) is 8. The van der Waals surface area contributed by atoms with Crippen LogP contribution in [0.4, 0.5) is 5.82 Å². The number of hydrogen-bond acceptors (Lipinski definition) is 9. The fourth-order valence-electron chi connectivity index (χ4n) is 3.51. The van der Waals surface area contributed by atoms with Crippen LogP contribution >= 0.6 is 20.4 Å². The van der Waals surface area contributed by atoms with Crippen LogP contribution < -0.4 is 5.73 Å². The van der Waals surface area contributed by atoms with Gasteiger partial charge >= 0.3 is 8.60 Å². The molecule has 0 fully saturated rings. The first kappa shape index (κ1) is 31.4. The van der Waals surface area contributed by atoms with Crippen LogP contribution in [0.15, 0.2) is 16.8 Å². The van der Waals surface area contributed by atoms with Gasteiger partial charge in [0.25, 0.3) is 0 Å². The van der Waals surface area contributed by atoms with Crippen molar-refractivity contribution in [3.8, 4) is 0 Å². The standard InChI is InChI=1S/C24H41N4O5PS/c1-4-5-6-7-8-9-10-11-12-13-23(30)35-22(14-15-33-34(31)32)19(2)28(18-29)17-21-16-26-20(3)27-24(21)25/h16,18,31-32H,4-15,17H2,1-3H3,(H2,25,26,27)/b22-19-. The van der Waals surface area contributed by atoms with E-state index in [-0.39, 0.29) is 24.7 Å². The van der Waals surface area contributed by atoms with Gasteiger partial charge in [-0.15, -0.1) is 0 Å². The summed E-state index contributed by atoms with van der Waals surface area (Å²) in [6.07, 6.45) is 13.6. The summed E-state index contributed by atoms with van der Waals surface area (Å²) in [7, 11) is -2.49. The fourth-order valence-corrected chi connectivity index (χ4v) is 4.73. The Hall–Kier alpha value is -1.58. The van der Waals surface area contributed by atoms with Crippen LogP contribution in [-0.2, 0) is 20.7 Å². The Labute approximate surface area is 214 Å². The van der Waals surface area contributed by atoms with Gasteiger partial charge in [0.1, 0.15) is 11.6 Å². The number of nitrogen functional groups attached to an aromatic ring is 1. The first-order chi connectivity index (χ1) is 16.8. The number of hydrogen-bond donors (Lipinski definition) is 3. The van der Waals surface area contributed by atoms with Crippen LogP contribution in [0.2, 0.25) is 0 Å². The van der Waals surface area contributed by atoms with Crippen molar-refractivity contribution >= 4 is 37.7 Å². The van der Waals surface area contributed by atoms with Gasteiger partial charge in [-0.1, -0.05) is 70.1 Å². The Morgan fingerprint density at radius 1 is 1.14 bits per heavy atom. The molecule has 1 rings (SSSR count). The highest BCUT2D eigenvalue weighted by molar-refractivity contribution is 8.16. The first-order valence-corrected chi connectivity index (χ1v) is 14.3. The molecular weight excluding hydrogens is 487 g/mol. The summed E-state index contributed by atoms with van der Waals surface area (Å²) in [6.45, 7) is 5.87. The molecule has 0 saturated carbocycles. The quantitative estimate of drug-likeness (QED) is 0.123. The molecule has 0 aliphatic carbocycles. The third-order valence-electron chi connectivity index (χ3n) is 5.58. The molecule has 0 bridgehead atoms. The fraction of sp³-hybridized carbons (Fsp3) is 0.667. The molecule has 11 heteroatoms. The van der Waals surface area contributed by atoms with E-state index in [2.05, 4.69) is 16.9 Å². The SMILES string of the molecule is CCCCCCCCCCCC(=O)S/C(CCOP(O)O)=C(/C)N(C=O)Cc1cnc(C)nc1N. The molecule has 9 nitrogen and oxygen atoms in total. The summed E-state index contributed by atoms with van der Waals surface area (Å²) >= 11 is 1.08. The van der Waals surface area contributed by atoms with E-state index in [1.807, 2.05) is 0 Å². The Bertz CT molecular complexity index is 810. The zero-order chi connectivity index (χ0) is 26.1. The molecule has 4 N–H and O–H groups in total. The van der Waals surface area contributed by atoms with E-state index in [1.165, 1.54) is 43.4 Å². The number of nitrogens with two attached hydrogens (primary N) is 1. The van der Waals surface area contributed by atoms with E-state index in [0.29, 0.717) is 40.6 Å². The van der Waals surface area contributed by atoms with Crippen LogP contribution in [0, 0.1) is 6.92 Å². The van der Waals surface area contributed by atoms with Crippen molar-refractivity contribution < 1.29 is 23.9 Å². The average Bonchev–Trinajstić information content (AvgIpc) is 2.81. The summed E-state index contributed by atoms with van der Waals surface area (Å²) in [5.74, 6) is 0.832. The molecule has 35 heavy (non-hydrogen) atoms. The highest BCUT2D eigenvalue weighted by Gasteiger charge is 2.17. The van der Waals surface area contributed by atoms with Gasteiger partial charge in [-0.25, -0.2) is 9.97 Å². The lowest BCUT2D eigenvalue weighted by atomic mass is 10.1. The smallest absolute Gasteiger partial charge is 0.327 e. The molecule has 0 unspecified atom stereocenters. The van der Waals surface area contributed by atoms with Crippen LogP contribution in [0.25, 0.3) is 0 Å². The predicted octanol–water partition coefficient (Wildman–Crippen LogP) is 5.36. The minimum absolute atomic E-state index is 0.0154. The molecule has 1 aromatic heterocycles. The number of thioether (sulfide) groups is 1. The van der Waals surface area contributed by atoms with E-state index in [9.17, 15) is 9.59 Å². The van der Waals surface area contributed by atoms with Crippen LogP contribution in [0.1, 0.15) is 95.9 Å². The number of anilines is 1. The van der Waals surface area contributed by atoms with Gasteiger partial charge in [-0.05, 0) is 20.3 Å². The number of carbonyl (C=O) groups is 2. The molecule has 198 valence electrons. The number of rotatable bonds is 19. The lowest BCUT2D eigenvalue weighted by Crippen LogP contribution is -2.22. The second-order valence-electron chi connectivity index (χ2n) is 8.46. The van der Waals surface area contributed by atoms with Gasteiger partial charge in [0.2, 0.25) is 6.41 Å². The zero-order valence-electron chi connectivity index (χ0n) is 21.2. The average molecular weight is 529 g/mol. The first-order valence-electron chi connectivity index (χ1n) is 12.3. The molecular formula is C24H41N4O5PS. The minimum Gasteiger partial charge on any atom is -0.383 e.